The van der Waals surface area contributed by atoms with Crippen LogP contribution in [-0.4, -0.2) is 6.21 Å². The molecule has 1 heteroatoms. The van der Waals surface area contributed by atoms with Crippen LogP contribution in [0.15, 0.2) is 0 Å². The lowest BCUT2D eigenvalue weighted by molar-refractivity contribution is 0.675. The van der Waals surface area contributed by atoms with Crippen LogP contribution in [0.5, 0.6) is 0 Å². The van der Waals surface area contributed by atoms with Gasteiger partial charge in [0.1, 0.15) is 0 Å². The fourth-order valence-corrected chi connectivity index (χ4v) is 0.505. The van der Waals surface area contributed by atoms with Crippen LogP contribution in [0.2, 0.25) is 0 Å². The van der Waals surface area contributed by atoms with Gasteiger partial charge in [0, 0.05) is 0 Å². The first kappa shape index (κ1) is 6.67. The second kappa shape index (κ2) is 3.85. The van der Waals surface area contributed by atoms with Gasteiger partial charge in [0.2, 0.25) is 0 Å². The van der Waals surface area contributed by atoms with Crippen molar-refractivity contribution in [3.63, 3.8) is 0 Å². The Bertz CT molecular complexity index is 50.1. The number of nitrogens with one attached hydrogen (secondary N) is 1. The zero-order chi connectivity index (χ0) is 5.70. The molecule has 7 heavy (non-hydrogen) atoms. The highest BCUT2D eigenvalue weighted by Crippen LogP contribution is 1.99. The summed E-state index contributed by atoms with van der Waals surface area (Å²) in [6.07, 6.45) is 4.68. The van der Waals surface area contributed by atoms with E-state index in [9.17, 15) is 0 Å². The zero-order valence-electron chi connectivity index (χ0n) is 4.99. The van der Waals surface area contributed by atoms with Crippen molar-refractivity contribution in [2.24, 2.45) is 5.92 Å². The molecule has 1 unspecified atom stereocenters. The quantitative estimate of drug-likeness (QED) is 0.522. The van der Waals surface area contributed by atoms with Crippen molar-refractivity contribution in [2.75, 3.05) is 0 Å². The molecule has 0 aliphatic carbocycles. The summed E-state index contributed by atoms with van der Waals surface area (Å²) in [4.78, 5) is 0. The van der Waals surface area contributed by atoms with Crippen LogP contribution in [0.1, 0.15) is 26.7 Å². The Morgan fingerprint density at radius 2 is 2.29 bits per heavy atom. The third-order valence-corrected chi connectivity index (χ3v) is 0.968. The smallest absolute Gasteiger partial charge is 0.0552 e. The minimum Gasteiger partial charge on any atom is -0.303 e. The van der Waals surface area contributed by atoms with Crippen LogP contribution in [-0.2, 0) is 0 Å². The molecular formula is C6H12N. The second-order valence-corrected chi connectivity index (χ2v) is 1.83. The minimum absolute atomic E-state index is 0.366. The zero-order valence-corrected chi connectivity index (χ0v) is 4.99. The predicted octanol–water partition coefficient (Wildman–Crippen LogP) is 1.95. The Balaban J connectivity index is 2.98. The van der Waals surface area contributed by atoms with E-state index < -0.39 is 0 Å². The summed E-state index contributed by atoms with van der Waals surface area (Å²) in [5.74, 6) is 0.366. The van der Waals surface area contributed by atoms with E-state index in [4.69, 9.17) is 5.41 Å². The van der Waals surface area contributed by atoms with Crippen molar-refractivity contribution >= 4 is 6.21 Å². The Labute approximate surface area is 45.2 Å². The molecule has 0 aliphatic heterocycles. The van der Waals surface area contributed by atoms with E-state index in [0.29, 0.717) is 5.92 Å². The van der Waals surface area contributed by atoms with Gasteiger partial charge in [-0.25, -0.2) is 0 Å². The van der Waals surface area contributed by atoms with Crippen LogP contribution < -0.4 is 0 Å². The summed E-state index contributed by atoms with van der Waals surface area (Å²) in [5.41, 5.74) is 0. The molecule has 1 N–H and O–H groups in total. The molecule has 1 radical (unpaired) electrons. The molecule has 0 amide bonds. The van der Waals surface area contributed by atoms with Crippen molar-refractivity contribution in [3.05, 3.63) is 0 Å². The Morgan fingerprint density at radius 3 is 2.43 bits per heavy atom. The van der Waals surface area contributed by atoms with Gasteiger partial charge in [0.05, 0.1) is 6.21 Å². The summed E-state index contributed by atoms with van der Waals surface area (Å²) < 4.78 is 0. The van der Waals surface area contributed by atoms with Gasteiger partial charge in [0.25, 0.3) is 0 Å². The van der Waals surface area contributed by atoms with E-state index in [1.165, 1.54) is 0 Å². The van der Waals surface area contributed by atoms with Gasteiger partial charge in [-0.05, 0) is 12.3 Å². The Morgan fingerprint density at radius 1 is 1.71 bits per heavy atom. The molecule has 0 bridgehead atoms. The van der Waals surface area contributed by atoms with Crippen molar-refractivity contribution in [2.45, 2.75) is 26.7 Å². The van der Waals surface area contributed by atoms with Gasteiger partial charge in [-0.15, -0.1) is 0 Å². The predicted molar refractivity (Wildman–Crippen MR) is 31.8 cm³/mol. The van der Waals surface area contributed by atoms with Crippen molar-refractivity contribution in [1.29, 1.82) is 5.41 Å². The van der Waals surface area contributed by atoms with E-state index >= 15 is 0 Å². The first-order valence-electron chi connectivity index (χ1n) is 2.73. The van der Waals surface area contributed by atoms with Crippen molar-refractivity contribution < 1.29 is 0 Å². The lowest BCUT2D eigenvalue weighted by Gasteiger charge is -1.96. The van der Waals surface area contributed by atoms with E-state index in [1.54, 1.807) is 0 Å². The van der Waals surface area contributed by atoms with Crippen LogP contribution >= 0.6 is 0 Å². The maximum absolute atomic E-state index is 6.66. The van der Waals surface area contributed by atoms with Gasteiger partial charge in [0.15, 0.2) is 0 Å². The molecule has 0 fully saturated rings. The maximum atomic E-state index is 6.66. The molecule has 0 spiro atoms. The van der Waals surface area contributed by atoms with E-state index in [2.05, 4.69) is 13.1 Å². The Kier molecular flexibility index (Phi) is 3.67. The molecule has 0 aromatic carbocycles. The highest BCUT2D eigenvalue weighted by molar-refractivity contribution is 5.55. The second-order valence-electron chi connectivity index (χ2n) is 1.83. The molecule has 0 heterocycles. The van der Waals surface area contributed by atoms with Crippen LogP contribution in [0.4, 0.5) is 0 Å². The molecule has 0 aromatic heterocycles. The average Bonchev–Trinajstić information content (AvgIpc) is 1.68. The molecule has 1 nitrogen and oxygen atoms in total. The normalized spacial score (nSPS) is 13.4. The van der Waals surface area contributed by atoms with E-state index in [1.807, 2.05) is 6.92 Å². The molecule has 0 saturated heterocycles. The Hall–Kier alpha value is -0.330. The first-order chi connectivity index (χ1) is 3.31. The van der Waals surface area contributed by atoms with Gasteiger partial charge >= 0.3 is 0 Å². The molecule has 0 saturated carbocycles. The average molecular weight is 98.2 g/mol. The van der Waals surface area contributed by atoms with Gasteiger partial charge in [-0.2, -0.15) is 0 Å². The fourth-order valence-electron chi connectivity index (χ4n) is 0.505. The highest BCUT2D eigenvalue weighted by Gasteiger charge is 1.91. The summed E-state index contributed by atoms with van der Waals surface area (Å²) in [7, 11) is 0. The third kappa shape index (κ3) is 3.50. The van der Waals surface area contributed by atoms with E-state index in [0.717, 1.165) is 12.8 Å². The molecular weight excluding hydrogens is 86.1 g/mol. The lowest BCUT2D eigenvalue weighted by atomic mass is 10.1. The number of hydrogen-bond donors (Lipinski definition) is 1. The molecule has 0 aromatic rings. The summed E-state index contributed by atoms with van der Waals surface area (Å²) in [6, 6.07) is 0. The third-order valence-electron chi connectivity index (χ3n) is 0.968. The molecule has 1 atom stereocenters. The number of rotatable bonds is 3. The SMILES string of the molecule is CCCC(C)[C]=N. The molecule has 41 valence electrons. The topological polar surface area (TPSA) is 23.9 Å². The first-order valence-corrected chi connectivity index (χ1v) is 2.73. The van der Waals surface area contributed by atoms with Gasteiger partial charge in [-0.3, -0.25) is 0 Å². The monoisotopic (exact) mass is 98.1 g/mol. The van der Waals surface area contributed by atoms with Crippen molar-refractivity contribution in [3.8, 4) is 0 Å². The largest absolute Gasteiger partial charge is 0.303 e. The van der Waals surface area contributed by atoms with E-state index in [-0.39, 0.29) is 0 Å². The van der Waals surface area contributed by atoms with Crippen molar-refractivity contribution in [1.82, 2.24) is 0 Å². The minimum atomic E-state index is 0.366. The van der Waals surface area contributed by atoms with Crippen LogP contribution in [0, 0.1) is 11.3 Å². The summed E-state index contributed by atoms with van der Waals surface area (Å²) >= 11 is 0. The van der Waals surface area contributed by atoms with Gasteiger partial charge < -0.3 is 5.41 Å². The highest BCUT2D eigenvalue weighted by atomic mass is 14.3. The lowest BCUT2D eigenvalue weighted by Crippen LogP contribution is -1.91. The summed E-state index contributed by atoms with van der Waals surface area (Å²) in [6.45, 7) is 4.13. The standard InChI is InChI=1S/C6H12N/c1-3-4-6(2)5-7/h6-7H,3-4H2,1-2H3. The van der Waals surface area contributed by atoms with Gasteiger partial charge in [-0.1, -0.05) is 20.3 Å². The fraction of sp³-hybridized carbons (Fsp3) is 0.833. The van der Waals surface area contributed by atoms with Crippen LogP contribution in [0.25, 0.3) is 0 Å². The number of hydrogen-bond acceptors (Lipinski definition) is 1. The molecule has 0 rings (SSSR count). The van der Waals surface area contributed by atoms with Crippen LogP contribution in [0.3, 0.4) is 0 Å². The summed E-state index contributed by atoms with van der Waals surface area (Å²) in [5, 5.41) is 6.66. The maximum Gasteiger partial charge on any atom is 0.0552 e. The molecule has 0 aliphatic rings.